The lowest BCUT2D eigenvalue weighted by molar-refractivity contribution is -0.116. The Balaban J connectivity index is 2.57. The smallest absolute Gasteiger partial charge is 0.253 e. The zero-order valence-corrected chi connectivity index (χ0v) is 7.08. The normalized spacial score (nSPS) is 13.6. The fraction of sp³-hybridized carbons (Fsp3) is 0.100. The lowest BCUT2D eigenvalue weighted by atomic mass is 10.2. The van der Waals surface area contributed by atoms with Gasteiger partial charge in [-0.05, 0) is 12.2 Å². The number of nitrogens with one attached hydrogen (secondary N) is 2. The summed E-state index contributed by atoms with van der Waals surface area (Å²) in [6, 6.07) is 0. The van der Waals surface area contributed by atoms with Crippen molar-refractivity contribution in [2.24, 2.45) is 0 Å². The maximum atomic E-state index is 11.3. The van der Waals surface area contributed by atoms with E-state index in [1.807, 2.05) is 0 Å². The van der Waals surface area contributed by atoms with E-state index in [1.54, 1.807) is 30.6 Å². The second-order valence-electron chi connectivity index (χ2n) is 2.37. The van der Waals surface area contributed by atoms with E-state index in [-0.39, 0.29) is 12.5 Å². The van der Waals surface area contributed by atoms with Crippen LogP contribution in [0, 0.1) is 12.3 Å². The summed E-state index contributed by atoms with van der Waals surface area (Å²) < 4.78 is 0. The lowest BCUT2D eigenvalue weighted by Crippen LogP contribution is -2.25. The number of hydrogen-bond donors (Lipinski definition) is 2. The Bertz CT molecular complexity index is 318. The number of carbonyl (C=O) groups excluding carboxylic acids is 1. The summed E-state index contributed by atoms with van der Waals surface area (Å²) >= 11 is 0. The summed E-state index contributed by atoms with van der Waals surface area (Å²) in [6.45, 7) is 0.247. The molecule has 1 aliphatic heterocycles. The minimum Gasteiger partial charge on any atom is -0.367 e. The first kappa shape index (κ1) is 9.14. The molecule has 0 atom stereocenters. The van der Waals surface area contributed by atoms with Crippen LogP contribution in [0.2, 0.25) is 0 Å². The minimum absolute atomic E-state index is 0.176. The standard InChI is InChI=1S/C10H10N2O/c1-2-6-12-10(13)9-5-3-4-7-11-8-9/h1,3-5,7-8,11H,6H2,(H,12,13). The van der Waals surface area contributed by atoms with Gasteiger partial charge in [-0.25, -0.2) is 0 Å². The molecule has 0 bridgehead atoms. The van der Waals surface area contributed by atoms with Gasteiger partial charge in [0.1, 0.15) is 0 Å². The lowest BCUT2D eigenvalue weighted by Gasteiger charge is -2.00. The van der Waals surface area contributed by atoms with Gasteiger partial charge < -0.3 is 10.6 Å². The van der Waals surface area contributed by atoms with Gasteiger partial charge in [0.2, 0.25) is 0 Å². The fourth-order valence-corrected chi connectivity index (χ4v) is 0.831. The Kier molecular flexibility index (Phi) is 3.40. The molecule has 0 aromatic carbocycles. The van der Waals surface area contributed by atoms with Crippen LogP contribution in [0.25, 0.3) is 0 Å². The van der Waals surface area contributed by atoms with Gasteiger partial charge in [0, 0.05) is 12.4 Å². The van der Waals surface area contributed by atoms with E-state index in [0.717, 1.165) is 0 Å². The summed E-state index contributed by atoms with van der Waals surface area (Å²) in [5.41, 5.74) is 0.556. The molecule has 0 radical (unpaired) electrons. The maximum Gasteiger partial charge on any atom is 0.253 e. The zero-order valence-electron chi connectivity index (χ0n) is 7.08. The molecule has 0 aliphatic carbocycles. The number of rotatable bonds is 2. The Labute approximate surface area is 77.2 Å². The fourth-order valence-electron chi connectivity index (χ4n) is 0.831. The Hall–Kier alpha value is -1.95. The first-order chi connectivity index (χ1) is 6.34. The molecule has 0 aromatic rings. The number of terminal acetylenes is 1. The molecule has 1 heterocycles. The topological polar surface area (TPSA) is 41.1 Å². The van der Waals surface area contributed by atoms with Crippen molar-refractivity contribution in [3.63, 3.8) is 0 Å². The highest BCUT2D eigenvalue weighted by molar-refractivity contribution is 5.96. The van der Waals surface area contributed by atoms with Crippen LogP contribution in [-0.2, 0) is 4.79 Å². The second-order valence-corrected chi connectivity index (χ2v) is 2.37. The zero-order chi connectivity index (χ0) is 9.52. The molecular formula is C10H10N2O. The van der Waals surface area contributed by atoms with E-state index in [2.05, 4.69) is 16.6 Å². The van der Waals surface area contributed by atoms with Gasteiger partial charge in [-0.1, -0.05) is 12.0 Å². The van der Waals surface area contributed by atoms with Crippen molar-refractivity contribution in [2.45, 2.75) is 0 Å². The van der Waals surface area contributed by atoms with Gasteiger partial charge in [-0.15, -0.1) is 6.42 Å². The molecule has 3 heteroatoms. The quantitative estimate of drug-likeness (QED) is 0.591. The van der Waals surface area contributed by atoms with E-state index in [0.29, 0.717) is 5.57 Å². The predicted octanol–water partition coefficient (Wildman–Crippen LogP) is 0.293. The highest BCUT2D eigenvalue weighted by Gasteiger charge is 2.04. The number of carbonyl (C=O) groups is 1. The van der Waals surface area contributed by atoms with Crippen molar-refractivity contribution in [3.05, 3.63) is 36.2 Å². The molecule has 0 spiro atoms. The summed E-state index contributed by atoms with van der Waals surface area (Å²) in [5, 5.41) is 5.40. The first-order valence-corrected chi connectivity index (χ1v) is 3.85. The molecule has 0 unspecified atom stereocenters. The third-order valence-corrected chi connectivity index (χ3v) is 1.43. The van der Waals surface area contributed by atoms with Crippen LogP contribution in [0.5, 0.6) is 0 Å². The first-order valence-electron chi connectivity index (χ1n) is 3.85. The van der Waals surface area contributed by atoms with Crippen molar-refractivity contribution >= 4 is 5.91 Å². The van der Waals surface area contributed by atoms with Crippen molar-refractivity contribution in [1.29, 1.82) is 0 Å². The third-order valence-electron chi connectivity index (χ3n) is 1.43. The second kappa shape index (κ2) is 4.83. The molecule has 1 rings (SSSR count). The monoisotopic (exact) mass is 174 g/mol. The molecule has 0 aromatic heterocycles. The van der Waals surface area contributed by atoms with E-state index >= 15 is 0 Å². The van der Waals surface area contributed by atoms with Gasteiger partial charge in [-0.2, -0.15) is 0 Å². The molecule has 1 amide bonds. The Morgan fingerprint density at radius 2 is 2.46 bits per heavy atom. The van der Waals surface area contributed by atoms with Crippen molar-refractivity contribution in [1.82, 2.24) is 10.6 Å². The Morgan fingerprint density at radius 3 is 3.23 bits per heavy atom. The van der Waals surface area contributed by atoms with Crippen LogP contribution < -0.4 is 10.6 Å². The number of allylic oxidation sites excluding steroid dienone is 2. The van der Waals surface area contributed by atoms with E-state index in [9.17, 15) is 4.79 Å². The molecule has 2 N–H and O–H groups in total. The molecule has 0 saturated carbocycles. The number of hydrogen-bond acceptors (Lipinski definition) is 2. The molecule has 1 aliphatic rings. The summed E-state index contributed by atoms with van der Waals surface area (Å²) in [7, 11) is 0. The molecule has 0 saturated heterocycles. The van der Waals surface area contributed by atoms with E-state index in [4.69, 9.17) is 6.42 Å². The summed E-state index contributed by atoms with van der Waals surface area (Å²) in [6.07, 6.45) is 13.7. The van der Waals surface area contributed by atoms with Crippen LogP contribution in [-0.4, -0.2) is 12.5 Å². The van der Waals surface area contributed by atoms with Gasteiger partial charge in [-0.3, -0.25) is 4.79 Å². The van der Waals surface area contributed by atoms with E-state index in [1.165, 1.54) is 0 Å². The highest BCUT2D eigenvalue weighted by Crippen LogP contribution is 1.98. The van der Waals surface area contributed by atoms with Crippen LogP contribution in [0.4, 0.5) is 0 Å². The average molecular weight is 174 g/mol. The van der Waals surface area contributed by atoms with Crippen LogP contribution in [0.3, 0.4) is 0 Å². The predicted molar refractivity (Wildman–Crippen MR) is 51.3 cm³/mol. The van der Waals surface area contributed by atoms with Crippen LogP contribution in [0.1, 0.15) is 0 Å². The molecular weight excluding hydrogens is 164 g/mol. The van der Waals surface area contributed by atoms with Crippen LogP contribution >= 0.6 is 0 Å². The summed E-state index contributed by atoms with van der Waals surface area (Å²) in [4.78, 5) is 11.3. The third kappa shape index (κ3) is 2.88. The number of amides is 1. The molecule has 0 fully saturated rings. The van der Waals surface area contributed by atoms with Crippen molar-refractivity contribution < 1.29 is 4.79 Å². The van der Waals surface area contributed by atoms with Crippen LogP contribution in [0.15, 0.2) is 36.2 Å². The van der Waals surface area contributed by atoms with Crippen molar-refractivity contribution in [3.8, 4) is 12.3 Å². The Morgan fingerprint density at radius 1 is 1.62 bits per heavy atom. The van der Waals surface area contributed by atoms with E-state index < -0.39 is 0 Å². The van der Waals surface area contributed by atoms with Gasteiger partial charge in [0.15, 0.2) is 0 Å². The minimum atomic E-state index is -0.176. The largest absolute Gasteiger partial charge is 0.367 e. The van der Waals surface area contributed by atoms with Gasteiger partial charge >= 0.3 is 0 Å². The molecule has 3 nitrogen and oxygen atoms in total. The van der Waals surface area contributed by atoms with Gasteiger partial charge in [0.05, 0.1) is 12.1 Å². The average Bonchev–Trinajstić information content (AvgIpc) is 2.42. The SMILES string of the molecule is C#CCNC(=O)C1=CNC=CC=C1. The molecule has 66 valence electrons. The molecule has 13 heavy (non-hydrogen) atoms. The maximum absolute atomic E-state index is 11.3. The van der Waals surface area contributed by atoms with Gasteiger partial charge in [0.25, 0.3) is 5.91 Å². The highest BCUT2D eigenvalue weighted by atomic mass is 16.1. The summed E-state index contributed by atoms with van der Waals surface area (Å²) in [5.74, 6) is 2.16. The van der Waals surface area contributed by atoms with Crippen molar-refractivity contribution in [2.75, 3.05) is 6.54 Å².